The normalized spacial score (nSPS) is 10.4. The predicted molar refractivity (Wildman–Crippen MR) is 60.3 cm³/mol. The Balaban J connectivity index is 2.57. The molecule has 0 aliphatic rings. The maximum Gasteiger partial charge on any atom is 0.159 e. The highest BCUT2D eigenvalue weighted by Crippen LogP contribution is 2.28. The molecule has 0 bridgehead atoms. The molecule has 0 saturated carbocycles. The summed E-state index contributed by atoms with van der Waals surface area (Å²) in [4.78, 5) is 8.07. The molecular weight excluding hydrogens is 204 g/mol. The molecule has 0 saturated heterocycles. The Labute approximate surface area is 93.2 Å². The van der Waals surface area contributed by atoms with Crippen molar-refractivity contribution in [3.05, 3.63) is 35.7 Å². The number of aromatic nitrogens is 2. The van der Waals surface area contributed by atoms with Crippen LogP contribution >= 0.6 is 0 Å². The van der Waals surface area contributed by atoms with Gasteiger partial charge in [0.2, 0.25) is 0 Å². The van der Waals surface area contributed by atoms with Crippen molar-refractivity contribution in [2.45, 2.75) is 13.8 Å². The summed E-state index contributed by atoms with van der Waals surface area (Å²) in [6, 6.07) is 3.39. The summed E-state index contributed by atoms with van der Waals surface area (Å²) in [5.74, 6) is 0.843. The molecule has 0 unspecified atom stereocenters. The van der Waals surface area contributed by atoms with Gasteiger partial charge < -0.3 is 10.2 Å². The Morgan fingerprint density at radius 2 is 1.56 bits per heavy atom. The first-order valence-corrected chi connectivity index (χ1v) is 4.90. The van der Waals surface area contributed by atoms with Crippen LogP contribution < -0.4 is 0 Å². The van der Waals surface area contributed by atoms with E-state index in [0.29, 0.717) is 5.82 Å². The molecule has 82 valence electrons. The average molecular weight is 216 g/mol. The standard InChI is InChI=1S/C12H12N2O2/c1-7-8(2)11(16)4-3-10(7)12-13-5-9(15)6-14-12/h3-6,15-16H,1-2H3. The maximum atomic E-state index is 9.53. The molecule has 0 aliphatic heterocycles. The molecule has 0 aliphatic carbocycles. The number of phenols is 1. The van der Waals surface area contributed by atoms with Gasteiger partial charge in [0.1, 0.15) is 5.75 Å². The van der Waals surface area contributed by atoms with Crippen molar-refractivity contribution >= 4 is 0 Å². The fourth-order valence-corrected chi connectivity index (χ4v) is 1.51. The van der Waals surface area contributed by atoms with Gasteiger partial charge in [-0.2, -0.15) is 0 Å². The smallest absolute Gasteiger partial charge is 0.159 e. The van der Waals surface area contributed by atoms with E-state index < -0.39 is 0 Å². The van der Waals surface area contributed by atoms with E-state index in [1.54, 1.807) is 12.1 Å². The third-order valence-corrected chi connectivity index (χ3v) is 2.64. The van der Waals surface area contributed by atoms with Gasteiger partial charge in [-0.15, -0.1) is 0 Å². The summed E-state index contributed by atoms with van der Waals surface area (Å²) in [7, 11) is 0. The highest BCUT2D eigenvalue weighted by molar-refractivity contribution is 5.64. The Kier molecular flexibility index (Phi) is 2.48. The Morgan fingerprint density at radius 1 is 0.938 bits per heavy atom. The SMILES string of the molecule is Cc1c(O)ccc(-c2ncc(O)cn2)c1C. The zero-order valence-corrected chi connectivity index (χ0v) is 9.10. The summed E-state index contributed by atoms with van der Waals surface area (Å²) in [6.45, 7) is 3.75. The molecule has 0 radical (unpaired) electrons. The summed E-state index contributed by atoms with van der Waals surface area (Å²) in [6.07, 6.45) is 2.70. The number of benzene rings is 1. The molecular formula is C12H12N2O2. The van der Waals surface area contributed by atoms with E-state index in [-0.39, 0.29) is 11.5 Å². The van der Waals surface area contributed by atoms with Gasteiger partial charge >= 0.3 is 0 Å². The van der Waals surface area contributed by atoms with Gasteiger partial charge in [-0.25, -0.2) is 9.97 Å². The summed E-state index contributed by atoms with van der Waals surface area (Å²) >= 11 is 0. The predicted octanol–water partition coefficient (Wildman–Crippen LogP) is 2.17. The van der Waals surface area contributed by atoms with Gasteiger partial charge in [0, 0.05) is 5.56 Å². The first-order valence-electron chi connectivity index (χ1n) is 4.90. The minimum absolute atomic E-state index is 0.0388. The number of phenolic OH excluding ortho intramolecular Hbond substituents is 1. The molecule has 2 rings (SSSR count). The molecule has 4 nitrogen and oxygen atoms in total. The van der Waals surface area contributed by atoms with Crippen LogP contribution in [0.3, 0.4) is 0 Å². The summed E-state index contributed by atoms with van der Waals surface area (Å²) in [5.41, 5.74) is 2.61. The minimum atomic E-state index is 0.0388. The van der Waals surface area contributed by atoms with Crippen molar-refractivity contribution in [3.8, 4) is 22.9 Å². The fourth-order valence-electron chi connectivity index (χ4n) is 1.51. The van der Waals surface area contributed by atoms with Crippen molar-refractivity contribution in [2.75, 3.05) is 0 Å². The summed E-state index contributed by atoms with van der Waals surface area (Å²) < 4.78 is 0. The van der Waals surface area contributed by atoms with Crippen LogP contribution in [0.2, 0.25) is 0 Å². The van der Waals surface area contributed by atoms with Crippen molar-refractivity contribution < 1.29 is 10.2 Å². The van der Waals surface area contributed by atoms with E-state index in [0.717, 1.165) is 16.7 Å². The van der Waals surface area contributed by atoms with Crippen molar-refractivity contribution in [2.24, 2.45) is 0 Å². The molecule has 0 spiro atoms. The average Bonchev–Trinajstić information content (AvgIpc) is 2.28. The van der Waals surface area contributed by atoms with Crippen LogP contribution in [0.5, 0.6) is 11.5 Å². The van der Waals surface area contributed by atoms with Crippen molar-refractivity contribution in [1.82, 2.24) is 9.97 Å². The van der Waals surface area contributed by atoms with Crippen LogP contribution in [0.1, 0.15) is 11.1 Å². The molecule has 1 aromatic heterocycles. The zero-order chi connectivity index (χ0) is 11.7. The topological polar surface area (TPSA) is 66.2 Å². The van der Waals surface area contributed by atoms with E-state index in [2.05, 4.69) is 9.97 Å². The maximum absolute atomic E-state index is 9.53. The van der Waals surface area contributed by atoms with Gasteiger partial charge in [-0.3, -0.25) is 0 Å². The number of nitrogens with zero attached hydrogens (tertiary/aromatic N) is 2. The first-order chi connectivity index (χ1) is 7.59. The quantitative estimate of drug-likeness (QED) is 0.766. The zero-order valence-electron chi connectivity index (χ0n) is 9.10. The minimum Gasteiger partial charge on any atom is -0.508 e. The molecule has 2 aromatic rings. The van der Waals surface area contributed by atoms with Crippen LogP contribution in [-0.4, -0.2) is 20.2 Å². The molecule has 1 aromatic carbocycles. The molecule has 2 N–H and O–H groups in total. The van der Waals surface area contributed by atoms with Gasteiger partial charge in [0.25, 0.3) is 0 Å². The highest BCUT2D eigenvalue weighted by atomic mass is 16.3. The lowest BCUT2D eigenvalue weighted by atomic mass is 10.0. The van der Waals surface area contributed by atoms with Crippen LogP contribution in [0, 0.1) is 13.8 Å². The van der Waals surface area contributed by atoms with Crippen molar-refractivity contribution in [3.63, 3.8) is 0 Å². The second-order valence-electron chi connectivity index (χ2n) is 3.65. The van der Waals surface area contributed by atoms with Crippen LogP contribution in [0.15, 0.2) is 24.5 Å². The number of aromatic hydroxyl groups is 2. The molecule has 0 fully saturated rings. The van der Waals surface area contributed by atoms with E-state index in [1.807, 2.05) is 13.8 Å². The molecule has 4 heteroatoms. The Hall–Kier alpha value is -2.10. The van der Waals surface area contributed by atoms with E-state index >= 15 is 0 Å². The largest absolute Gasteiger partial charge is 0.508 e. The number of hydrogen-bond acceptors (Lipinski definition) is 4. The third kappa shape index (κ3) is 1.69. The van der Waals surface area contributed by atoms with Gasteiger partial charge in [0.15, 0.2) is 11.6 Å². The first kappa shape index (κ1) is 10.4. The van der Waals surface area contributed by atoms with E-state index in [1.165, 1.54) is 12.4 Å². The monoisotopic (exact) mass is 216 g/mol. The van der Waals surface area contributed by atoms with E-state index in [4.69, 9.17) is 5.11 Å². The van der Waals surface area contributed by atoms with Crippen LogP contribution in [0.4, 0.5) is 0 Å². The lowest BCUT2D eigenvalue weighted by molar-refractivity contribution is 0.469. The second-order valence-corrected chi connectivity index (χ2v) is 3.65. The summed E-state index contributed by atoms with van der Waals surface area (Å²) in [5, 5.41) is 18.6. The number of rotatable bonds is 1. The van der Waals surface area contributed by atoms with Crippen molar-refractivity contribution in [1.29, 1.82) is 0 Å². The second kappa shape index (κ2) is 3.81. The third-order valence-electron chi connectivity index (χ3n) is 2.64. The van der Waals surface area contributed by atoms with E-state index in [9.17, 15) is 5.11 Å². The Bertz CT molecular complexity index is 521. The van der Waals surface area contributed by atoms with Crippen LogP contribution in [-0.2, 0) is 0 Å². The van der Waals surface area contributed by atoms with Crippen LogP contribution in [0.25, 0.3) is 11.4 Å². The molecule has 0 atom stereocenters. The highest BCUT2D eigenvalue weighted by Gasteiger charge is 2.09. The fraction of sp³-hybridized carbons (Fsp3) is 0.167. The molecule has 16 heavy (non-hydrogen) atoms. The van der Waals surface area contributed by atoms with Gasteiger partial charge in [-0.05, 0) is 37.1 Å². The van der Waals surface area contributed by atoms with Gasteiger partial charge in [0.05, 0.1) is 12.4 Å². The Morgan fingerprint density at radius 3 is 2.19 bits per heavy atom. The van der Waals surface area contributed by atoms with Gasteiger partial charge in [-0.1, -0.05) is 0 Å². The lowest BCUT2D eigenvalue weighted by Gasteiger charge is -2.08. The molecule has 0 amide bonds. The number of hydrogen-bond donors (Lipinski definition) is 2. The lowest BCUT2D eigenvalue weighted by Crippen LogP contribution is -1.92. The molecule has 1 heterocycles.